The number of benzene rings is 1. The Hall–Kier alpha value is -1.55. The molecule has 1 aliphatic carbocycles. The van der Waals surface area contributed by atoms with Crippen LogP contribution in [0.15, 0.2) is 23.2 Å². The highest BCUT2D eigenvalue weighted by atomic mass is 127. The molecule has 2 fully saturated rings. The Morgan fingerprint density at radius 2 is 1.88 bits per heavy atom. The van der Waals surface area contributed by atoms with E-state index in [1.807, 2.05) is 6.92 Å². The normalized spacial score (nSPS) is 19.0. The number of amides is 1. The average Bonchev–Trinajstić information content (AvgIpc) is 3.33. The van der Waals surface area contributed by atoms with Gasteiger partial charge in [-0.05, 0) is 51.2 Å². The van der Waals surface area contributed by atoms with Crippen LogP contribution in [0.3, 0.4) is 0 Å². The van der Waals surface area contributed by atoms with Gasteiger partial charge in [-0.3, -0.25) is 4.79 Å². The number of carbonyl (C=O) groups excluding carboxylic acids is 1. The Kier molecular flexibility index (Phi) is 12.9. The largest absolute Gasteiger partial charge is 0.491 e. The van der Waals surface area contributed by atoms with Crippen molar-refractivity contribution in [1.29, 1.82) is 0 Å². The van der Waals surface area contributed by atoms with Crippen molar-refractivity contribution in [3.05, 3.63) is 29.3 Å². The van der Waals surface area contributed by atoms with E-state index in [4.69, 9.17) is 14.5 Å². The second-order valence-electron chi connectivity index (χ2n) is 8.81. The summed E-state index contributed by atoms with van der Waals surface area (Å²) < 4.78 is 11.8. The first-order valence-electron chi connectivity index (χ1n) is 12.3. The Balaban J connectivity index is 0.00000385. The van der Waals surface area contributed by atoms with E-state index in [2.05, 4.69) is 41.1 Å². The third-order valence-corrected chi connectivity index (χ3v) is 6.12. The van der Waals surface area contributed by atoms with Gasteiger partial charge in [0, 0.05) is 37.7 Å². The summed E-state index contributed by atoms with van der Waals surface area (Å²) in [6.45, 7) is 8.06. The van der Waals surface area contributed by atoms with Gasteiger partial charge >= 0.3 is 0 Å². The Bertz CT molecular complexity index is 747. The summed E-state index contributed by atoms with van der Waals surface area (Å²) >= 11 is 0. The van der Waals surface area contributed by atoms with E-state index in [0.717, 1.165) is 56.1 Å². The summed E-state index contributed by atoms with van der Waals surface area (Å²) in [5.41, 5.74) is 2.22. The molecule has 3 rings (SSSR count). The monoisotopic (exact) mass is 572 g/mol. The number of ether oxygens (including phenoxy) is 2. The van der Waals surface area contributed by atoms with Gasteiger partial charge in [-0.2, -0.15) is 0 Å². The number of hydrogen-bond acceptors (Lipinski definition) is 4. The van der Waals surface area contributed by atoms with Gasteiger partial charge < -0.3 is 25.4 Å². The number of nitrogens with zero attached hydrogens (tertiary/aromatic N) is 1. The summed E-state index contributed by atoms with van der Waals surface area (Å²) in [4.78, 5) is 17.0. The summed E-state index contributed by atoms with van der Waals surface area (Å²) in [5.74, 6) is 2.01. The van der Waals surface area contributed by atoms with E-state index >= 15 is 0 Å². The molecule has 3 N–H and O–H groups in total. The smallest absolute Gasteiger partial charge is 0.223 e. The quantitative estimate of drug-likeness (QED) is 0.171. The second kappa shape index (κ2) is 15.4. The van der Waals surface area contributed by atoms with E-state index in [1.165, 1.54) is 24.8 Å². The zero-order chi connectivity index (χ0) is 22.6. The van der Waals surface area contributed by atoms with Crippen LogP contribution in [-0.2, 0) is 16.1 Å². The number of hydrogen-bond donors (Lipinski definition) is 3. The van der Waals surface area contributed by atoms with Crippen LogP contribution >= 0.6 is 24.0 Å². The van der Waals surface area contributed by atoms with Crippen molar-refractivity contribution in [3.8, 4) is 5.75 Å². The Morgan fingerprint density at radius 3 is 2.61 bits per heavy atom. The van der Waals surface area contributed by atoms with Crippen LogP contribution in [0.25, 0.3) is 0 Å². The molecule has 2 aliphatic rings. The van der Waals surface area contributed by atoms with Gasteiger partial charge in [0.25, 0.3) is 0 Å². The zero-order valence-corrected chi connectivity index (χ0v) is 22.5. The lowest BCUT2D eigenvalue weighted by Gasteiger charge is -2.21. The highest BCUT2D eigenvalue weighted by Crippen LogP contribution is 2.24. The lowest BCUT2D eigenvalue weighted by atomic mass is 9.89. The minimum Gasteiger partial charge on any atom is -0.491 e. The molecule has 7 nitrogen and oxygen atoms in total. The molecule has 1 heterocycles. The number of aryl methyl sites for hydroxylation is 1. The van der Waals surface area contributed by atoms with Crippen LogP contribution in [-0.4, -0.2) is 50.8 Å². The van der Waals surface area contributed by atoms with Gasteiger partial charge in [-0.15, -0.1) is 24.0 Å². The van der Waals surface area contributed by atoms with Gasteiger partial charge in [0.2, 0.25) is 5.91 Å². The fraction of sp³-hybridized carbons (Fsp3) is 0.680. The number of rotatable bonds is 10. The van der Waals surface area contributed by atoms with Crippen molar-refractivity contribution in [2.75, 3.05) is 32.8 Å². The summed E-state index contributed by atoms with van der Waals surface area (Å²) in [7, 11) is 0. The van der Waals surface area contributed by atoms with Crippen LogP contribution in [0.5, 0.6) is 5.75 Å². The predicted octanol–water partition coefficient (Wildman–Crippen LogP) is 3.92. The Morgan fingerprint density at radius 1 is 1.09 bits per heavy atom. The third-order valence-electron chi connectivity index (χ3n) is 6.12. The van der Waals surface area contributed by atoms with E-state index in [-0.39, 0.29) is 41.9 Å². The molecule has 33 heavy (non-hydrogen) atoms. The minimum absolute atomic E-state index is 0. The molecule has 0 radical (unpaired) electrons. The first-order chi connectivity index (χ1) is 15.7. The molecule has 1 unspecified atom stereocenters. The summed E-state index contributed by atoms with van der Waals surface area (Å²) in [6, 6.07) is 6.24. The van der Waals surface area contributed by atoms with Gasteiger partial charge in [0.05, 0.1) is 12.6 Å². The molecule has 1 atom stereocenters. The van der Waals surface area contributed by atoms with Gasteiger partial charge in [-0.1, -0.05) is 31.4 Å². The zero-order valence-electron chi connectivity index (χ0n) is 20.2. The van der Waals surface area contributed by atoms with Crippen molar-refractivity contribution in [1.82, 2.24) is 16.0 Å². The average molecular weight is 573 g/mol. The fourth-order valence-electron chi connectivity index (χ4n) is 4.27. The molecule has 1 aromatic rings. The molecule has 0 bridgehead atoms. The molecule has 1 aromatic carbocycles. The van der Waals surface area contributed by atoms with Crippen molar-refractivity contribution in [2.45, 2.75) is 71.4 Å². The van der Waals surface area contributed by atoms with Gasteiger partial charge in [-0.25, -0.2) is 4.99 Å². The third kappa shape index (κ3) is 9.68. The van der Waals surface area contributed by atoms with Crippen LogP contribution in [0.4, 0.5) is 0 Å². The molecule has 1 saturated heterocycles. The maximum Gasteiger partial charge on any atom is 0.223 e. The maximum absolute atomic E-state index is 12.3. The van der Waals surface area contributed by atoms with E-state index in [0.29, 0.717) is 26.2 Å². The van der Waals surface area contributed by atoms with Crippen molar-refractivity contribution >= 4 is 35.8 Å². The molecule has 1 aliphatic heterocycles. The summed E-state index contributed by atoms with van der Waals surface area (Å²) in [6.07, 6.45) is 8.01. The standard InChI is InChI=1S/C25H40N4O3.HI/c1-3-26-25(28-14-13-27-24(30)20-8-5-4-6-9-20)29-17-21-12-11-19(2)16-23(21)32-18-22-10-7-15-31-22;/h11-12,16,20,22H,3-10,13-15,17-18H2,1-2H3,(H,27,30)(H2,26,28,29);1H. The molecule has 8 heteroatoms. The molecule has 0 aromatic heterocycles. The van der Waals surface area contributed by atoms with E-state index < -0.39 is 0 Å². The van der Waals surface area contributed by atoms with E-state index in [1.54, 1.807) is 0 Å². The minimum atomic E-state index is 0. The van der Waals surface area contributed by atoms with Crippen molar-refractivity contribution in [2.24, 2.45) is 10.9 Å². The lowest BCUT2D eigenvalue weighted by Crippen LogP contribution is -2.42. The molecular formula is C25H41IN4O3. The van der Waals surface area contributed by atoms with Gasteiger partial charge in [0.1, 0.15) is 12.4 Å². The fourth-order valence-corrected chi connectivity index (χ4v) is 4.27. The Labute approximate surface area is 215 Å². The molecular weight excluding hydrogens is 531 g/mol. The van der Waals surface area contributed by atoms with Crippen LogP contribution in [0, 0.1) is 12.8 Å². The number of nitrogens with one attached hydrogen (secondary N) is 3. The van der Waals surface area contributed by atoms with Crippen LogP contribution < -0.4 is 20.7 Å². The van der Waals surface area contributed by atoms with Crippen LogP contribution in [0.2, 0.25) is 0 Å². The van der Waals surface area contributed by atoms with Crippen LogP contribution in [0.1, 0.15) is 63.0 Å². The second-order valence-corrected chi connectivity index (χ2v) is 8.81. The topological polar surface area (TPSA) is 84.0 Å². The highest BCUT2D eigenvalue weighted by molar-refractivity contribution is 14.0. The molecule has 1 saturated carbocycles. The number of carbonyl (C=O) groups is 1. The summed E-state index contributed by atoms with van der Waals surface area (Å²) in [5, 5.41) is 9.66. The molecule has 1 amide bonds. The SMILES string of the molecule is CCNC(=NCc1ccc(C)cc1OCC1CCCO1)NCCNC(=O)C1CCCCC1.I. The predicted molar refractivity (Wildman–Crippen MR) is 143 cm³/mol. The molecule has 0 spiro atoms. The first-order valence-corrected chi connectivity index (χ1v) is 12.3. The number of guanidine groups is 1. The number of aliphatic imine (C=N–C) groups is 1. The highest BCUT2D eigenvalue weighted by Gasteiger charge is 2.20. The maximum atomic E-state index is 12.3. The number of halogens is 1. The van der Waals surface area contributed by atoms with Crippen molar-refractivity contribution in [3.63, 3.8) is 0 Å². The molecule has 186 valence electrons. The van der Waals surface area contributed by atoms with E-state index in [9.17, 15) is 4.79 Å². The first kappa shape index (κ1) is 27.7. The van der Waals surface area contributed by atoms with Crippen molar-refractivity contribution < 1.29 is 14.3 Å². The lowest BCUT2D eigenvalue weighted by molar-refractivity contribution is -0.125. The van der Waals surface area contributed by atoms with Gasteiger partial charge in [0.15, 0.2) is 5.96 Å².